The lowest BCUT2D eigenvalue weighted by Gasteiger charge is -2.09. The summed E-state index contributed by atoms with van der Waals surface area (Å²) >= 11 is 0. The number of nitrogens with zero attached hydrogens (tertiary/aromatic N) is 4. The average molecular weight is 515 g/mol. The first-order valence-corrected chi connectivity index (χ1v) is 11.2. The van der Waals surface area contributed by atoms with Gasteiger partial charge >= 0.3 is 12.3 Å². The van der Waals surface area contributed by atoms with Crippen molar-refractivity contribution in [1.29, 1.82) is 0 Å². The largest absolute Gasteiger partial charge is 0.450 e. The second kappa shape index (κ2) is 10.7. The summed E-state index contributed by atoms with van der Waals surface area (Å²) in [5, 5.41) is 2.23. The van der Waals surface area contributed by atoms with Crippen LogP contribution in [-0.4, -0.2) is 44.0 Å². The summed E-state index contributed by atoms with van der Waals surface area (Å²) in [4.78, 5) is 36.1. The van der Waals surface area contributed by atoms with Crippen LogP contribution in [0.2, 0.25) is 0 Å². The molecule has 1 N–H and O–H groups in total. The Hall–Kier alpha value is -4.35. The molecular weight excluding hydrogens is 494 g/mol. The first kappa shape index (κ1) is 25.7. The normalized spacial score (nSPS) is 11.5. The Morgan fingerprint density at radius 3 is 2.65 bits per heavy atom. The number of alkyl halides is 3. The van der Waals surface area contributed by atoms with Crippen molar-refractivity contribution in [3.8, 4) is 22.6 Å². The Bertz CT molecular complexity index is 1450. The third-order valence-corrected chi connectivity index (χ3v) is 5.32. The number of anilines is 1. The van der Waals surface area contributed by atoms with Crippen molar-refractivity contribution < 1.29 is 31.9 Å². The highest BCUT2D eigenvalue weighted by molar-refractivity contribution is 5.84. The highest BCUT2D eigenvalue weighted by Crippen LogP contribution is 2.26. The van der Waals surface area contributed by atoms with Gasteiger partial charge in [-0.1, -0.05) is 18.2 Å². The molecule has 0 fully saturated rings. The minimum atomic E-state index is -4.37. The zero-order valence-electron chi connectivity index (χ0n) is 19.6. The number of hydrogen-bond acceptors (Lipinski definition) is 6. The van der Waals surface area contributed by atoms with E-state index in [0.29, 0.717) is 22.5 Å². The van der Waals surface area contributed by atoms with E-state index in [2.05, 4.69) is 20.3 Å². The summed E-state index contributed by atoms with van der Waals surface area (Å²) in [6, 6.07) is 10.3. The Kier molecular flexibility index (Phi) is 7.46. The molecule has 0 atom stereocenters. The van der Waals surface area contributed by atoms with Gasteiger partial charge < -0.3 is 4.74 Å². The monoisotopic (exact) mass is 515 g/mol. The Morgan fingerprint density at radius 2 is 1.89 bits per heavy atom. The van der Waals surface area contributed by atoms with Crippen LogP contribution in [0.25, 0.3) is 28.3 Å². The molecule has 37 heavy (non-hydrogen) atoms. The van der Waals surface area contributed by atoms with E-state index in [1.165, 1.54) is 0 Å². The maximum Gasteiger partial charge on any atom is 0.412 e. The topological polar surface area (TPSA) is 98.5 Å². The van der Waals surface area contributed by atoms with Crippen LogP contribution in [0.5, 0.6) is 0 Å². The fourth-order valence-electron chi connectivity index (χ4n) is 3.63. The van der Waals surface area contributed by atoms with Crippen molar-refractivity contribution >= 4 is 23.3 Å². The highest BCUT2D eigenvalue weighted by Gasteiger charge is 2.27. The van der Waals surface area contributed by atoms with Crippen molar-refractivity contribution in [2.45, 2.75) is 32.4 Å². The predicted octanol–water partition coefficient (Wildman–Crippen LogP) is 5.62. The molecule has 3 heterocycles. The highest BCUT2D eigenvalue weighted by atomic mass is 19.4. The van der Waals surface area contributed by atoms with Gasteiger partial charge in [0, 0.05) is 30.2 Å². The van der Waals surface area contributed by atoms with Crippen molar-refractivity contribution in [3.63, 3.8) is 0 Å². The Labute approximate surface area is 208 Å². The van der Waals surface area contributed by atoms with Gasteiger partial charge in [0.05, 0.1) is 31.1 Å². The quantitative estimate of drug-likeness (QED) is 0.306. The van der Waals surface area contributed by atoms with E-state index < -0.39 is 36.7 Å². The van der Waals surface area contributed by atoms with Crippen LogP contribution in [0.4, 0.5) is 28.2 Å². The van der Waals surface area contributed by atoms with E-state index in [9.17, 15) is 27.2 Å². The fraction of sp³-hybridized carbons (Fsp3) is 0.240. The number of imidazole rings is 1. The van der Waals surface area contributed by atoms with Crippen LogP contribution in [-0.2, 0) is 16.0 Å². The number of carbonyl (C=O) groups is 2. The number of hydrogen-bond donors (Lipinski definition) is 1. The lowest BCUT2D eigenvalue weighted by Crippen LogP contribution is -2.16. The summed E-state index contributed by atoms with van der Waals surface area (Å²) in [6.45, 7) is 1.73. The van der Waals surface area contributed by atoms with Gasteiger partial charge in [0.25, 0.3) is 0 Å². The molecule has 0 aliphatic rings. The third kappa shape index (κ3) is 6.46. The summed E-state index contributed by atoms with van der Waals surface area (Å²) in [5.41, 5.74) is 3.04. The molecule has 4 aromatic rings. The number of ketones is 1. The molecule has 12 heteroatoms. The molecule has 1 amide bonds. The van der Waals surface area contributed by atoms with E-state index in [1.54, 1.807) is 60.1 Å². The van der Waals surface area contributed by atoms with Gasteiger partial charge in [-0.25, -0.2) is 24.1 Å². The zero-order chi connectivity index (χ0) is 26.6. The first-order chi connectivity index (χ1) is 17.6. The standard InChI is InChI=1S/C25H21F4N5O3/c1-2-37-24(36)33-23-19(26)13-31-22(32-23)17-7-9-34-20(14-30-21(34)12-17)16-5-3-4-15(10-16)11-18(35)6-8-25(27,28)29/h3-5,7,9-10,12-14H,2,6,8,11H2,1H3,(H,31,32,33,36). The van der Waals surface area contributed by atoms with Gasteiger partial charge in [-0.2, -0.15) is 13.2 Å². The van der Waals surface area contributed by atoms with Crippen LogP contribution >= 0.6 is 0 Å². The minimum Gasteiger partial charge on any atom is -0.450 e. The van der Waals surface area contributed by atoms with Crippen LogP contribution in [0.3, 0.4) is 0 Å². The van der Waals surface area contributed by atoms with E-state index in [1.807, 2.05) is 0 Å². The SMILES string of the molecule is CCOC(=O)Nc1nc(-c2ccn3c(-c4cccc(CC(=O)CCC(F)(F)F)c4)cnc3c2)ncc1F. The van der Waals surface area contributed by atoms with Crippen molar-refractivity contribution in [2.24, 2.45) is 0 Å². The molecular formula is C25H21F4N5O3. The first-order valence-electron chi connectivity index (χ1n) is 11.2. The van der Waals surface area contributed by atoms with Crippen molar-refractivity contribution in [3.05, 3.63) is 66.4 Å². The molecule has 0 aliphatic heterocycles. The van der Waals surface area contributed by atoms with Gasteiger partial charge in [0.15, 0.2) is 17.5 Å². The molecule has 3 aromatic heterocycles. The lowest BCUT2D eigenvalue weighted by molar-refractivity contribution is -0.143. The maximum absolute atomic E-state index is 14.1. The zero-order valence-corrected chi connectivity index (χ0v) is 19.6. The van der Waals surface area contributed by atoms with Gasteiger partial charge in [0.2, 0.25) is 0 Å². The number of nitrogens with one attached hydrogen (secondary N) is 1. The average Bonchev–Trinajstić information content (AvgIpc) is 3.27. The van der Waals surface area contributed by atoms with Crippen LogP contribution < -0.4 is 5.32 Å². The van der Waals surface area contributed by atoms with E-state index in [-0.39, 0.29) is 24.7 Å². The van der Waals surface area contributed by atoms with Crippen molar-refractivity contribution in [1.82, 2.24) is 19.4 Å². The molecule has 0 saturated carbocycles. The summed E-state index contributed by atoms with van der Waals surface area (Å²) < 4.78 is 57.8. The van der Waals surface area contributed by atoms with Gasteiger partial charge in [-0.15, -0.1) is 0 Å². The minimum absolute atomic E-state index is 0.102. The second-order valence-electron chi connectivity index (χ2n) is 8.05. The molecule has 0 saturated heterocycles. The number of pyridine rings is 1. The number of Topliss-reactive ketones (excluding diaryl/α,β-unsaturated/α-hetero) is 1. The van der Waals surface area contributed by atoms with Gasteiger partial charge in [-0.3, -0.25) is 14.5 Å². The maximum atomic E-state index is 14.1. The van der Waals surface area contributed by atoms with Crippen molar-refractivity contribution in [2.75, 3.05) is 11.9 Å². The number of carbonyl (C=O) groups excluding carboxylic acids is 2. The molecule has 4 rings (SSSR count). The molecule has 0 radical (unpaired) electrons. The predicted molar refractivity (Wildman–Crippen MR) is 126 cm³/mol. The molecule has 0 spiro atoms. The third-order valence-electron chi connectivity index (χ3n) is 5.32. The molecule has 1 aromatic carbocycles. The number of amides is 1. The molecule has 8 nitrogen and oxygen atoms in total. The number of fused-ring (bicyclic) bond motifs is 1. The number of rotatable bonds is 8. The molecule has 192 valence electrons. The van der Waals surface area contributed by atoms with Crippen LogP contribution in [0.15, 0.2) is 55.0 Å². The van der Waals surface area contributed by atoms with E-state index in [0.717, 1.165) is 11.8 Å². The smallest absolute Gasteiger partial charge is 0.412 e. The summed E-state index contributed by atoms with van der Waals surface area (Å²) in [5.74, 6) is -1.49. The Balaban J connectivity index is 1.56. The fourth-order valence-corrected chi connectivity index (χ4v) is 3.63. The van der Waals surface area contributed by atoms with Crippen LogP contribution in [0.1, 0.15) is 25.3 Å². The Morgan fingerprint density at radius 1 is 1.08 bits per heavy atom. The van der Waals surface area contributed by atoms with Crippen LogP contribution in [0, 0.1) is 5.82 Å². The van der Waals surface area contributed by atoms with Gasteiger partial charge in [-0.05, 0) is 30.7 Å². The number of aromatic nitrogens is 4. The molecule has 0 unspecified atom stereocenters. The molecule has 0 bridgehead atoms. The molecule has 0 aliphatic carbocycles. The van der Waals surface area contributed by atoms with E-state index in [4.69, 9.17) is 4.74 Å². The van der Waals surface area contributed by atoms with E-state index >= 15 is 0 Å². The lowest BCUT2D eigenvalue weighted by atomic mass is 10.0. The summed E-state index contributed by atoms with van der Waals surface area (Å²) in [6.07, 6.45) is -2.76. The summed E-state index contributed by atoms with van der Waals surface area (Å²) in [7, 11) is 0. The number of ether oxygens (including phenoxy) is 1. The number of benzene rings is 1. The second-order valence-corrected chi connectivity index (χ2v) is 8.05. The number of halogens is 4. The van der Waals surface area contributed by atoms with Gasteiger partial charge in [0.1, 0.15) is 11.4 Å².